The average molecular weight is 394 g/mol. The molecule has 4 nitrogen and oxygen atoms in total. The lowest BCUT2D eigenvalue weighted by atomic mass is 10.0. The lowest BCUT2D eigenvalue weighted by Crippen LogP contribution is -2.46. The minimum Gasteiger partial charge on any atom is -0.842 e. The van der Waals surface area contributed by atoms with Crippen LogP contribution in [0, 0.1) is 6.92 Å². The van der Waals surface area contributed by atoms with Gasteiger partial charge in [-0.2, -0.15) is 4.57 Å². The van der Waals surface area contributed by atoms with Crippen LogP contribution in [-0.4, -0.2) is 4.57 Å². The van der Waals surface area contributed by atoms with Crippen molar-refractivity contribution in [3.63, 3.8) is 0 Å². The summed E-state index contributed by atoms with van der Waals surface area (Å²) >= 11 is 0. The van der Waals surface area contributed by atoms with Gasteiger partial charge in [-0.3, -0.25) is 0 Å². The number of aromatic nitrogens is 2. The van der Waals surface area contributed by atoms with E-state index in [2.05, 4.69) is 6.58 Å². The Bertz CT molecular complexity index is 1260. The molecule has 0 aliphatic carbocycles. The van der Waals surface area contributed by atoms with Gasteiger partial charge in [0.25, 0.3) is 5.82 Å². The summed E-state index contributed by atoms with van der Waals surface area (Å²) in [6, 6.07) is 26.5. The SMILES string of the molecule is C=Cc1cccc(Cc2c([O-])[n+](-c3ccccc3)c(C)n(-c3ccccc3)c2=O)c1. The normalized spacial score (nSPS) is 10.7. The third-order valence-corrected chi connectivity index (χ3v) is 5.17. The van der Waals surface area contributed by atoms with Crippen molar-refractivity contribution in [3.05, 3.63) is 124 Å². The van der Waals surface area contributed by atoms with E-state index in [0.717, 1.165) is 22.5 Å². The van der Waals surface area contributed by atoms with E-state index in [0.29, 0.717) is 5.82 Å². The zero-order chi connectivity index (χ0) is 21.1. The highest BCUT2D eigenvalue weighted by Crippen LogP contribution is 2.18. The smallest absolute Gasteiger partial charge is 0.345 e. The maximum atomic E-state index is 13.5. The predicted molar refractivity (Wildman–Crippen MR) is 117 cm³/mol. The standard InChI is InChI=1S/C26H22N2O2/c1-3-20-11-10-12-21(17-20)18-24-25(29)27(22-13-6-4-7-14-22)19(2)28(26(24)30)23-15-8-5-9-16-23/h3-17H,1,18H2,2H3. The molecule has 0 aliphatic rings. The van der Waals surface area contributed by atoms with Gasteiger partial charge in [-0.25, -0.2) is 9.36 Å². The molecule has 0 saturated carbocycles. The van der Waals surface area contributed by atoms with Crippen molar-refractivity contribution in [2.45, 2.75) is 13.3 Å². The summed E-state index contributed by atoms with van der Waals surface area (Å²) in [5, 5.41) is 13.5. The molecule has 0 amide bonds. The molecule has 0 saturated heterocycles. The summed E-state index contributed by atoms with van der Waals surface area (Å²) < 4.78 is 3.22. The van der Waals surface area contributed by atoms with Crippen molar-refractivity contribution in [2.24, 2.45) is 0 Å². The second-order valence-corrected chi connectivity index (χ2v) is 7.10. The number of nitrogens with zero attached hydrogens (tertiary/aromatic N) is 2. The van der Waals surface area contributed by atoms with E-state index in [1.54, 1.807) is 22.1 Å². The minimum absolute atomic E-state index is 0.231. The molecular formula is C26H22N2O2. The second-order valence-electron chi connectivity index (χ2n) is 7.10. The molecule has 4 heteroatoms. The quantitative estimate of drug-likeness (QED) is 0.484. The molecule has 0 aliphatic heterocycles. The molecular weight excluding hydrogens is 372 g/mol. The molecule has 1 aromatic heterocycles. The minimum atomic E-state index is -0.292. The fourth-order valence-electron chi connectivity index (χ4n) is 3.70. The molecule has 0 N–H and O–H groups in total. The zero-order valence-corrected chi connectivity index (χ0v) is 16.8. The van der Waals surface area contributed by atoms with Gasteiger partial charge < -0.3 is 5.11 Å². The third kappa shape index (κ3) is 3.55. The molecule has 3 aromatic carbocycles. The Balaban J connectivity index is 1.99. The Morgan fingerprint density at radius 2 is 1.63 bits per heavy atom. The molecule has 148 valence electrons. The van der Waals surface area contributed by atoms with Gasteiger partial charge in [0.15, 0.2) is 0 Å². The van der Waals surface area contributed by atoms with Crippen molar-refractivity contribution in [2.75, 3.05) is 0 Å². The lowest BCUT2D eigenvalue weighted by molar-refractivity contribution is -0.661. The Kier molecular flexibility index (Phi) is 5.31. The van der Waals surface area contributed by atoms with Crippen LogP contribution in [0.15, 0.2) is 96.3 Å². The third-order valence-electron chi connectivity index (χ3n) is 5.17. The average Bonchev–Trinajstić information content (AvgIpc) is 2.78. The molecule has 4 rings (SSSR count). The van der Waals surface area contributed by atoms with E-state index in [9.17, 15) is 9.90 Å². The summed E-state index contributed by atoms with van der Waals surface area (Å²) in [6.45, 7) is 5.60. The van der Waals surface area contributed by atoms with E-state index in [1.807, 2.05) is 84.9 Å². The Morgan fingerprint density at radius 1 is 0.967 bits per heavy atom. The van der Waals surface area contributed by atoms with Gasteiger partial charge in [-0.1, -0.05) is 73.3 Å². The summed E-state index contributed by atoms with van der Waals surface area (Å²) in [4.78, 5) is 13.5. The summed E-state index contributed by atoms with van der Waals surface area (Å²) in [7, 11) is 0. The van der Waals surface area contributed by atoms with E-state index in [-0.39, 0.29) is 23.4 Å². The molecule has 0 fully saturated rings. The number of para-hydroxylation sites is 2. The fourth-order valence-corrected chi connectivity index (χ4v) is 3.70. The maximum absolute atomic E-state index is 13.5. The molecule has 0 radical (unpaired) electrons. The van der Waals surface area contributed by atoms with Crippen molar-refractivity contribution in [3.8, 4) is 17.3 Å². The molecule has 0 unspecified atom stereocenters. The van der Waals surface area contributed by atoms with Crippen molar-refractivity contribution >= 4 is 6.08 Å². The van der Waals surface area contributed by atoms with Gasteiger partial charge >= 0.3 is 5.56 Å². The number of hydrogen-bond donors (Lipinski definition) is 0. The fraction of sp³-hybridized carbons (Fsp3) is 0.0769. The van der Waals surface area contributed by atoms with E-state index < -0.39 is 0 Å². The molecule has 0 spiro atoms. The summed E-state index contributed by atoms with van der Waals surface area (Å²) in [5.41, 5.74) is 3.24. The Hall–Kier alpha value is -3.92. The second kappa shape index (κ2) is 8.21. The largest absolute Gasteiger partial charge is 0.842 e. The van der Waals surface area contributed by atoms with E-state index in [1.165, 1.54) is 0 Å². The monoisotopic (exact) mass is 394 g/mol. The van der Waals surface area contributed by atoms with Crippen LogP contribution in [0.2, 0.25) is 0 Å². The number of hydrogen-bond acceptors (Lipinski definition) is 2. The highest BCUT2D eigenvalue weighted by atomic mass is 16.3. The van der Waals surface area contributed by atoms with Crippen LogP contribution >= 0.6 is 0 Å². The van der Waals surface area contributed by atoms with Crippen LogP contribution in [0.4, 0.5) is 0 Å². The summed E-state index contributed by atoms with van der Waals surface area (Å²) in [6.07, 6.45) is 2.00. The van der Waals surface area contributed by atoms with Crippen molar-refractivity contribution in [1.29, 1.82) is 0 Å². The number of benzene rings is 3. The van der Waals surface area contributed by atoms with E-state index >= 15 is 0 Å². The predicted octanol–water partition coefficient (Wildman–Crippen LogP) is 3.73. The first-order valence-corrected chi connectivity index (χ1v) is 9.80. The molecule has 1 heterocycles. The highest BCUT2D eigenvalue weighted by molar-refractivity contribution is 5.49. The van der Waals surface area contributed by atoms with Gasteiger partial charge in [0, 0.05) is 13.3 Å². The van der Waals surface area contributed by atoms with Gasteiger partial charge in [-0.15, -0.1) is 0 Å². The van der Waals surface area contributed by atoms with Crippen LogP contribution in [0.25, 0.3) is 17.5 Å². The molecule has 0 bridgehead atoms. The van der Waals surface area contributed by atoms with Crippen LogP contribution in [0.3, 0.4) is 0 Å². The van der Waals surface area contributed by atoms with Gasteiger partial charge in [0.05, 0.1) is 11.4 Å². The van der Waals surface area contributed by atoms with Crippen LogP contribution < -0.4 is 15.2 Å². The molecule has 30 heavy (non-hydrogen) atoms. The van der Waals surface area contributed by atoms with Crippen LogP contribution in [0.5, 0.6) is 5.88 Å². The highest BCUT2D eigenvalue weighted by Gasteiger charge is 2.24. The van der Waals surface area contributed by atoms with Crippen LogP contribution in [0.1, 0.15) is 22.5 Å². The van der Waals surface area contributed by atoms with Gasteiger partial charge in [-0.05, 0) is 35.4 Å². The van der Waals surface area contributed by atoms with Crippen molar-refractivity contribution in [1.82, 2.24) is 4.57 Å². The number of rotatable bonds is 5. The first-order valence-electron chi connectivity index (χ1n) is 9.80. The van der Waals surface area contributed by atoms with Crippen LogP contribution in [-0.2, 0) is 6.42 Å². The lowest BCUT2D eigenvalue weighted by Gasteiger charge is -2.19. The van der Waals surface area contributed by atoms with Crippen molar-refractivity contribution < 1.29 is 9.67 Å². The first-order chi connectivity index (χ1) is 14.6. The summed E-state index contributed by atoms with van der Waals surface area (Å²) in [5.74, 6) is 0.269. The zero-order valence-electron chi connectivity index (χ0n) is 16.8. The topological polar surface area (TPSA) is 48.9 Å². The maximum Gasteiger partial charge on any atom is 0.345 e. The van der Waals surface area contributed by atoms with E-state index in [4.69, 9.17) is 0 Å². The molecule has 0 atom stereocenters. The Morgan fingerprint density at radius 3 is 2.30 bits per heavy atom. The Labute approximate surface area is 175 Å². The molecule has 4 aromatic rings. The van der Waals surface area contributed by atoms with Gasteiger partial charge in [0.1, 0.15) is 11.4 Å². The first kappa shape index (κ1) is 19.4. The van der Waals surface area contributed by atoms with Gasteiger partial charge in [0.2, 0.25) is 0 Å².